The molecule has 0 saturated heterocycles. The van der Waals surface area contributed by atoms with Gasteiger partial charge in [-0.05, 0) is 0 Å². The fourth-order valence-corrected chi connectivity index (χ4v) is 0.501. The molecule has 0 fully saturated rings. The van der Waals surface area contributed by atoms with Gasteiger partial charge >= 0.3 is 11.9 Å². The lowest BCUT2D eigenvalue weighted by atomic mass is 10.6. The predicted molar refractivity (Wildman–Crippen MR) is 44.5 cm³/mol. The average Bonchev–Trinajstić information content (AvgIpc) is 2.04. The predicted octanol–water partition coefficient (Wildman–Crippen LogP) is 0.604. The summed E-state index contributed by atoms with van der Waals surface area (Å²) in [6.07, 6.45) is 14.2. The summed E-state index contributed by atoms with van der Waals surface area (Å²) in [5, 5.41) is 0. The van der Waals surface area contributed by atoms with Crippen molar-refractivity contribution in [3.63, 3.8) is 0 Å². The number of ether oxygens (including phenoxy) is 3. The molecule has 0 radical (unpaired) electrons. The third kappa shape index (κ3) is 3.74. The van der Waals surface area contributed by atoms with Gasteiger partial charge in [0.2, 0.25) is 0 Å². The molecule has 0 aliphatic heterocycles. The number of esters is 1. The first-order chi connectivity index (χ1) is 6.08. The summed E-state index contributed by atoms with van der Waals surface area (Å²) >= 11 is 0. The molecule has 0 aromatic rings. The SMILES string of the molecule is C#COC(C)(OC#C)OC(=O)C=C. The van der Waals surface area contributed by atoms with E-state index < -0.39 is 11.9 Å². The highest BCUT2D eigenvalue weighted by atomic mass is 16.9. The maximum Gasteiger partial charge on any atom is 0.432 e. The van der Waals surface area contributed by atoms with Crippen LogP contribution in [0.5, 0.6) is 0 Å². The Morgan fingerprint density at radius 1 is 1.46 bits per heavy atom. The standard InChI is InChI=1S/C9H8O4/c1-5-8(10)13-9(4,11-6-2)12-7-3/h2-3,5H,1H2,4H3. The minimum absolute atomic E-state index is 0.756. The summed E-state index contributed by atoms with van der Waals surface area (Å²) in [5.74, 6) is -2.53. The molecule has 0 rings (SSSR count). The van der Waals surface area contributed by atoms with Crippen molar-refractivity contribution < 1.29 is 19.0 Å². The van der Waals surface area contributed by atoms with Crippen LogP contribution >= 0.6 is 0 Å². The van der Waals surface area contributed by atoms with Crippen LogP contribution < -0.4 is 0 Å². The van der Waals surface area contributed by atoms with E-state index in [4.69, 9.17) is 12.8 Å². The molecule has 4 nitrogen and oxygen atoms in total. The van der Waals surface area contributed by atoms with Crippen molar-refractivity contribution in [2.75, 3.05) is 0 Å². The van der Waals surface area contributed by atoms with Crippen LogP contribution in [0.25, 0.3) is 0 Å². The van der Waals surface area contributed by atoms with Crippen molar-refractivity contribution in [2.24, 2.45) is 0 Å². The van der Waals surface area contributed by atoms with E-state index >= 15 is 0 Å². The van der Waals surface area contributed by atoms with Crippen LogP contribution in [-0.2, 0) is 19.0 Å². The third-order valence-corrected chi connectivity index (χ3v) is 0.941. The Balaban J connectivity index is 4.43. The first-order valence-electron chi connectivity index (χ1n) is 3.20. The van der Waals surface area contributed by atoms with Crippen molar-refractivity contribution in [1.82, 2.24) is 0 Å². The van der Waals surface area contributed by atoms with E-state index in [1.54, 1.807) is 12.2 Å². The second kappa shape index (κ2) is 4.74. The van der Waals surface area contributed by atoms with Gasteiger partial charge in [-0.15, -0.1) is 0 Å². The summed E-state index contributed by atoms with van der Waals surface area (Å²) in [4.78, 5) is 10.7. The Hall–Kier alpha value is -2.07. The quantitative estimate of drug-likeness (QED) is 0.275. The van der Waals surface area contributed by atoms with Crippen molar-refractivity contribution >= 4 is 5.97 Å². The number of carbonyl (C=O) groups is 1. The minimum Gasteiger partial charge on any atom is -0.384 e. The normalized spacial score (nSPS) is 8.85. The van der Waals surface area contributed by atoms with Crippen molar-refractivity contribution in [2.45, 2.75) is 12.9 Å². The van der Waals surface area contributed by atoms with Crippen LogP contribution in [0.15, 0.2) is 12.7 Å². The smallest absolute Gasteiger partial charge is 0.384 e. The summed E-state index contributed by atoms with van der Waals surface area (Å²) in [6.45, 7) is 4.43. The molecule has 0 N–H and O–H groups in total. The molecule has 0 amide bonds. The molecular formula is C9H8O4. The van der Waals surface area contributed by atoms with Crippen molar-refractivity contribution in [1.29, 1.82) is 0 Å². The summed E-state index contributed by atoms with van der Waals surface area (Å²) in [6, 6.07) is 0. The van der Waals surface area contributed by atoms with Gasteiger partial charge < -0.3 is 14.2 Å². The highest BCUT2D eigenvalue weighted by Crippen LogP contribution is 2.13. The largest absolute Gasteiger partial charge is 0.432 e. The molecule has 4 heteroatoms. The second-order valence-corrected chi connectivity index (χ2v) is 1.93. The van der Waals surface area contributed by atoms with E-state index in [0.29, 0.717) is 0 Å². The summed E-state index contributed by atoms with van der Waals surface area (Å²) in [7, 11) is 0. The zero-order chi connectivity index (χ0) is 10.3. The molecule has 0 aliphatic rings. The van der Waals surface area contributed by atoms with Crippen LogP contribution in [-0.4, -0.2) is 11.9 Å². The molecule has 0 unspecified atom stereocenters. The lowest BCUT2D eigenvalue weighted by Crippen LogP contribution is -2.34. The molecule has 0 aromatic heterocycles. The van der Waals surface area contributed by atoms with Gasteiger partial charge in [0.25, 0.3) is 0 Å². The monoisotopic (exact) mass is 180 g/mol. The minimum atomic E-state index is -1.77. The van der Waals surface area contributed by atoms with Crippen LogP contribution in [0.2, 0.25) is 0 Å². The fourth-order valence-electron chi connectivity index (χ4n) is 0.501. The van der Waals surface area contributed by atoms with Crippen molar-refractivity contribution in [3.05, 3.63) is 12.7 Å². The zero-order valence-electron chi connectivity index (χ0n) is 7.07. The van der Waals surface area contributed by atoms with Crippen LogP contribution in [0.1, 0.15) is 6.92 Å². The van der Waals surface area contributed by atoms with E-state index in [0.717, 1.165) is 6.08 Å². The van der Waals surface area contributed by atoms with Gasteiger partial charge in [0.1, 0.15) is 12.2 Å². The van der Waals surface area contributed by atoms with Crippen LogP contribution in [0, 0.1) is 25.1 Å². The molecule has 0 bridgehead atoms. The number of hydrogen-bond donors (Lipinski definition) is 0. The number of carbonyl (C=O) groups excluding carboxylic acids is 1. The maximum absolute atomic E-state index is 10.7. The average molecular weight is 180 g/mol. The van der Waals surface area contributed by atoms with Gasteiger partial charge in [-0.3, -0.25) is 0 Å². The molecule has 0 spiro atoms. The van der Waals surface area contributed by atoms with Gasteiger partial charge in [-0.25, -0.2) is 4.79 Å². The van der Waals surface area contributed by atoms with Crippen LogP contribution in [0.4, 0.5) is 0 Å². The van der Waals surface area contributed by atoms with Gasteiger partial charge in [-0.1, -0.05) is 19.4 Å². The third-order valence-electron chi connectivity index (χ3n) is 0.941. The summed E-state index contributed by atoms with van der Waals surface area (Å²) in [5.41, 5.74) is 0. The van der Waals surface area contributed by atoms with Crippen LogP contribution in [0.3, 0.4) is 0 Å². The van der Waals surface area contributed by atoms with E-state index in [1.165, 1.54) is 6.92 Å². The lowest BCUT2D eigenvalue weighted by molar-refractivity contribution is -0.297. The Labute approximate surface area is 76.5 Å². The molecule has 68 valence electrons. The maximum atomic E-state index is 10.7. The van der Waals surface area contributed by atoms with E-state index in [2.05, 4.69) is 20.8 Å². The number of terminal acetylenes is 2. The lowest BCUT2D eigenvalue weighted by Gasteiger charge is -2.22. The second-order valence-electron chi connectivity index (χ2n) is 1.93. The van der Waals surface area contributed by atoms with E-state index in [-0.39, 0.29) is 0 Å². The molecular weight excluding hydrogens is 172 g/mol. The van der Waals surface area contributed by atoms with Gasteiger partial charge in [-0.2, -0.15) is 0 Å². The Morgan fingerprint density at radius 3 is 2.23 bits per heavy atom. The van der Waals surface area contributed by atoms with Gasteiger partial charge in [0.15, 0.2) is 0 Å². The van der Waals surface area contributed by atoms with Gasteiger partial charge in [0.05, 0.1) is 6.92 Å². The highest BCUT2D eigenvalue weighted by molar-refractivity contribution is 5.81. The molecule has 0 aliphatic carbocycles. The van der Waals surface area contributed by atoms with Crippen molar-refractivity contribution in [3.8, 4) is 25.1 Å². The number of rotatable bonds is 4. The van der Waals surface area contributed by atoms with Gasteiger partial charge in [0, 0.05) is 6.08 Å². The fraction of sp³-hybridized carbons (Fsp3) is 0.222. The zero-order valence-corrected chi connectivity index (χ0v) is 7.07. The van der Waals surface area contributed by atoms with E-state index in [1.807, 2.05) is 0 Å². The molecule has 0 saturated carbocycles. The topological polar surface area (TPSA) is 44.8 Å². The number of hydrogen-bond acceptors (Lipinski definition) is 4. The Morgan fingerprint density at radius 2 is 1.92 bits per heavy atom. The first-order valence-corrected chi connectivity index (χ1v) is 3.20. The summed E-state index contributed by atoms with van der Waals surface area (Å²) < 4.78 is 13.6. The Bertz CT molecular complexity index is 263. The Kier molecular flexibility index (Phi) is 3.98. The highest BCUT2D eigenvalue weighted by Gasteiger charge is 2.31. The molecule has 0 heterocycles. The molecule has 0 aromatic carbocycles. The first kappa shape index (κ1) is 10.9. The molecule has 13 heavy (non-hydrogen) atoms. The molecule has 0 atom stereocenters. The van der Waals surface area contributed by atoms with E-state index in [9.17, 15) is 4.79 Å².